The molecular weight excluding hydrogens is 280 g/mol. The predicted molar refractivity (Wildman–Crippen MR) is 75.3 cm³/mol. The highest BCUT2D eigenvalue weighted by molar-refractivity contribution is 7.80. The number of hydrogen-bond donors (Lipinski definition) is 2. The van der Waals surface area contributed by atoms with E-state index in [4.69, 9.17) is 21.7 Å². The van der Waals surface area contributed by atoms with E-state index in [1.54, 1.807) is 12.1 Å². The van der Waals surface area contributed by atoms with E-state index in [0.717, 1.165) is 0 Å². The molecule has 0 saturated carbocycles. The molecule has 0 spiro atoms. The van der Waals surface area contributed by atoms with Gasteiger partial charge in [0, 0.05) is 6.54 Å². The van der Waals surface area contributed by atoms with E-state index in [2.05, 4.69) is 11.9 Å². The van der Waals surface area contributed by atoms with E-state index in [1.165, 1.54) is 17.1 Å². The summed E-state index contributed by atoms with van der Waals surface area (Å²) in [6.45, 7) is 3.48. The third kappa shape index (κ3) is 2.68. The van der Waals surface area contributed by atoms with Crippen molar-refractivity contribution in [3.63, 3.8) is 0 Å². The highest BCUT2D eigenvalue weighted by atomic mass is 32.1. The Morgan fingerprint density at radius 2 is 2.20 bits per heavy atom. The van der Waals surface area contributed by atoms with Crippen LogP contribution in [-0.2, 0) is 16.2 Å². The Morgan fingerprint density at radius 3 is 2.80 bits per heavy atom. The van der Waals surface area contributed by atoms with Crippen molar-refractivity contribution in [1.82, 2.24) is 10.2 Å². The van der Waals surface area contributed by atoms with Crippen molar-refractivity contribution in [1.29, 1.82) is 0 Å². The van der Waals surface area contributed by atoms with Gasteiger partial charge in [0.25, 0.3) is 11.8 Å². The molecule has 1 aliphatic rings. The van der Waals surface area contributed by atoms with Crippen LogP contribution in [0.3, 0.4) is 0 Å². The fourth-order valence-corrected chi connectivity index (χ4v) is 1.94. The Balaban J connectivity index is 2.33. The van der Waals surface area contributed by atoms with E-state index in [-0.39, 0.29) is 23.8 Å². The van der Waals surface area contributed by atoms with Gasteiger partial charge in [-0.1, -0.05) is 6.08 Å². The molecule has 0 aliphatic carbocycles. The first-order valence-electron chi connectivity index (χ1n) is 5.76. The molecule has 1 saturated heterocycles. The Hall–Kier alpha value is -2.25. The molecule has 6 nitrogen and oxygen atoms in total. The van der Waals surface area contributed by atoms with Crippen LogP contribution in [0.15, 0.2) is 34.8 Å². The minimum atomic E-state index is -0.581. The molecular formula is C13H12N2O4S. The van der Waals surface area contributed by atoms with Gasteiger partial charge in [0.1, 0.15) is 23.7 Å². The van der Waals surface area contributed by atoms with Gasteiger partial charge in [0.15, 0.2) is 5.11 Å². The molecule has 0 atom stereocenters. The lowest BCUT2D eigenvalue weighted by Gasteiger charge is -2.27. The summed E-state index contributed by atoms with van der Waals surface area (Å²) in [5.41, 5.74) is -0.0840. The van der Waals surface area contributed by atoms with Crippen LogP contribution in [0.25, 0.3) is 6.08 Å². The quantitative estimate of drug-likeness (QED) is 0.367. The molecule has 104 valence electrons. The number of nitrogens with zero attached hydrogens (tertiary/aromatic N) is 1. The predicted octanol–water partition coefficient (Wildman–Crippen LogP) is 0.585. The highest BCUT2D eigenvalue weighted by Gasteiger charge is 2.32. The molecule has 0 radical (unpaired) electrons. The molecule has 2 heterocycles. The molecule has 2 N–H and O–H groups in total. The number of furan rings is 1. The Kier molecular flexibility index (Phi) is 4.11. The van der Waals surface area contributed by atoms with E-state index in [1.807, 2.05) is 0 Å². The second kappa shape index (κ2) is 5.81. The minimum Gasteiger partial charge on any atom is -0.459 e. The van der Waals surface area contributed by atoms with Crippen LogP contribution in [0.1, 0.15) is 11.5 Å². The summed E-state index contributed by atoms with van der Waals surface area (Å²) in [4.78, 5) is 25.2. The molecule has 7 heteroatoms. The molecule has 2 amide bonds. The zero-order chi connectivity index (χ0) is 14.7. The number of carbonyl (C=O) groups excluding carboxylic acids is 2. The van der Waals surface area contributed by atoms with Gasteiger partial charge in [0.05, 0.1) is 0 Å². The number of amides is 2. The Morgan fingerprint density at radius 1 is 1.45 bits per heavy atom. The first kappa shape index (κ1) is 14.2. The number of carbonyl (C=O) groups is 2. The standard InChI is InChI=1S/C13H12N2O4S/c1-2-5-15-12(18)10(11(17)14-13(15)20)6-8-3-4-9(7-16)19-8/h2-4,6,16H,1,5,7H2,(H,14,17,20). The van der Waals surface area contributed by atoms with Gasteiger partial charge >= 0.3 is 0 Å². The van der Waals surface area contributed by atoms with Crippen LogP contribution < -0.4 is 5.32 Å². The van der Waals surface area contributed by atoms with Crippen molar-refractivity contribution in [2.24, 2.45) is 0 Å². The number of aliphatic hydroxyl groups excluding tert-OH is 1. The maximum absolute atomic E-state index is 12.2. The van der Waals surface area contributed by atoms with Crippen LogP contribution in [0, 0.1) is 0 Å². The van der Waals surface area contributed by atoms with Gasteiger partial charge in [0.2, 0.25) is 0 Å². The zero-order valence-electron chi connectivity index (χ0n) is 10.5. The van der Waals surface area contributed by atoms with Crippen LogP contribution >= 0.6 is 12.2 Å². The van der Waals surface area contributed by atoms with Crippen molar-refractivity contribution in [3.05, 3.63) is 41.9 Å². The van der Waals surface area contributed by atoms with Gasteiger partial charge < -0.3 is 9.52 Å². The van der Waals surface area contributed by atoms with Crippen molar-refractivity contribution in [2.75, 3.05) is 6.54 Å². The number of aliphatic hydroxyl groups is 1. The van der Waals surface area contributed by atoms with Crippen LogP contribution in [0.2, 0.25) is 0 Å². The summed E-state index contributed by atoms with van der Waals surface area (Å²) in [6, 6.07) is 3.12. The average Bonchev–Trinajstić information content (AvgIpc) is 2.87. The number of hydrogen-bond acceptors (Lipinski definition) is 5. The monoisotopic (exact) mass is 292 g/mol. The molecule has 1 aliphatic heterocycles. The summed E-state index contributed by atoms with van der Waals surface area (Å²) in [5.74, 6) is -0.444. The van der Waals surface area contributed by atoms with E-state index in [9.17, 15) is 9.59 Å². The summed E-state index contributed by atoms with van der Waals surface area (Å²) in [6.07, 6.45) is 2.82. The lowest BCUT2D eigenvalue weighted by molar-refractivity contribution is -0.128. The molecule has 1 aromatic heterocycles. The second-order valence-corrected chi connectivity index (χ2v) is 4.37. The number of thiocarbonyl (C=S) groups is 1. The number of rotatable bonds is 4. The fraction of sp³-hybridized carbons (Fsp3) is 0.154. The van der Waals surface area contributed by atoms with Gasteiger partial charge in [-0.15, -0.1) is 6.58 Å². The molecule has 20 heavy (non-hydrogen) atoms. The highest BCUT2D eigenvalue weighted by Crippen LogP contribution is 2.16. The minimum absolute atomic E-state index is 0.0487. The number of nitrogens with one attached hydrogen (secondary N) is 1. The molecule has 1 aromatic rings. The van der Waals surface area contributed by atoms with Crippen LogP contribution in [-0.4, -0.2) is 33.5 Å². The summed E-state index contributed by atoms with van der Waals surface area (Å²) in [7, 11) is 0. The third-order valence-corrected chi connectivity index (χ3v) is 2.94. The van der Waals surface area contributed by atoms with Gasteiger partial charge in [-0.25, -0.2) is 0 Å². The maximum atomic E-state index is 12.2. The second-order valence-electron chi connectivity index (χ2n) is 3.98. The molecule has 0 aromatic carbocycles. The van der Waals surface area contributed by atoms with Crippen molar-refractivity contribution in [3.8, 4) is 0 Å². The SMILES string of the molecule is C=CCN1C(=O)C(=Cc2ccc(CO)o2)C(=O)NC1=S. The van der Waals surface area contributed by atoms with Crippen LogP contribution in [0.5, 0.6) is 0 Å². The summed E-state index contributed by atoms with van der Waals surface area (Å²) < 4.78 is 5.22. The topological polar surface area (TPSA) is 82.8 Å². The summed E-state index contributed by atoms with van der Waals surface area (Å²) >= 11 is 4.93. The first-order chi connectivity index (χ1) is 9.56. The van der Waals surface area contributed by atoms with Gasteiger partial charge in [-0.05, 0) is 30.4 Å². The largest absolute Gasteiger partial charge is 0.459 e. The average molecular weight is 292 g/mol. The Labute approximate surface area is 120 Å². The molecule has 1 fully saturated rings. The van der Waals surface area contributed by atoms with Crippen molar-refractivity contribution >= 4 is 35.2 Å². The van der Waals surface area contributed by atoms with Crippen molar-refractivity contribution < 1.29 is 19.1 Å². The molecule has 0 unspecified atom stereocenters. The lowest BCUT2D eigenvalue weighted by Crippen LogP contribution is -2.53. The third-order valence-electron chi connectivity index (χ3n) is 2.62. The van der Waals surface area contributed by atoms with Gasteiger partial charge in [-0.2, -0.15) is 0 Å². The smallest absolute Gasteiger partial charge is 0.266 e. The Bertz CT molecular complexity index is 618. The normalized spacial score (nSPS) is 17.6. The van der Waals surface area contributed by atoms with Gasteiger partial charge in [-0.3, -0.25) is 19.8 Å². The zero-order valence-corrected chi connectivity index (χ0v) is 11.3. The van der Waals surface area contributed by atoms with Crippen molar-refractivity contribution in [2.45, 2.75) is 6.61 Å². The lowest BCUT2D eigenvalue weighted by atomic mass is 10.1. The molecule has 0 bridgehead atoms. The molecule has 2 rings (SSSR count). The van der Waals surface area contributed by atoms with E-state index in [0.29, 0.717) is 11.5 Å². The van der Waals surface area contributed by atoms with E-state index >= 15 is 0 Å². The summed E-state index contributed by atoms with van der Waals surface area (Å²) in [5, 5.41) is 11.4. The fourth-order valence-electron chi connectivity index (χ4n) is 1.69. The van der Waals surface area contributed by atoms with E-state index < -0.39 is 11.8 Å². The van der Waals surface area contributed by atoms with Crippen LogP contribution in [0.4, 0.5) is 0 Å². The first-order valence-corrected chi connectivity index (χ1v) is 6.17. The maximum Gasteiger partial charge on any atom is 0.266 e.